The number of carbonyl (C=O) groups is 1. The Hall–Kier alpha value is -2.00. The zero-order valence-corrected chi connectivity index (χ0v) is 12.6. The SMILES string of the molecule is CCC(=O)c1ccc(OCCOc2cccc(Cl)c2)cc1. The summed E-state index contributed by atoms with van der Waals surface area (Å²) in [5, 5.41) is 0.643. The molecule has 0 aliphatic heterocycles. The van der Waals surface area contributed by atoms with Crippen molar-refractivity contribution in [2.24, 2.45) is 0 Å². The van der Waals surface area contributed by atoms with Crippen molar-refractivity contribution < 1.29 is 14.3 Å². The summed E-state index contributed by atoms with van der Waals surface area (Å²) >= 11 is 5.87. The quantitative estimate of drug-likeness (QED) is 0.562. The fraction of sp³-hybridized carbons (Fsp3) is 0.235. The number of benzene rings is 2. The van der Waals surface area contributed by atoms with Gasteiger partial charge in [-0.1, -0.05) is 24.6 Å². The highest BCUT2D eigenvalue weighted by Crippen LogP contribution is 2.17. The van der Waals surface area contributed by atoms with E-state index in [9.17, 15) is 4.79 Å². The average molecular weight is 305 g/mol. The van der Waals surface area contributed by atoms with Crippen LogP contribution in [0.2, 0.25) is 5.02 Å². The van der Waals surface area contributed by atoms with Gasteiger partial charge < -0.3 is 9.47 Å². The predicted octanol–water partition coefficient (Wildman–Crippen LogP) is 4.39. The summed E-state index contributed by atoms with van der Waals surface area (Å²) in [6.45, 7) is 2.70. The Morgan fingerprint density at radius 3 is 2.29 bits per heavy atom. The van der Waals surface area contributed by atoms with Gasteiger partial charge in [-0.15, -0.1) is 0 Å². The van der Waals surface area contributed by atoms with Crippen molar-refractivity contribution in [3.8, 4) is 11.5 Å². The van der Waals surface area contributed by atoms with Crippen LogP contribution in [0.1, 0.15) is 23.7 Å². The van der Waals surface area contributed by atoms with E-state index in [1.54, 1.807) is 36.4 Å². The van der Waals surface area contributed by atoms with E-state index in [-0.39, 0.29) is 5.78 Å². The van der Waals surface area contributed by atoms with E-state index in [4.69, 9.17) is 21.1 Å². The molecule has 4 heteroatoms. The van der Waals surface area contributed by atoms with Crippen molar-refractivity contribution in [3.63, 3.8) is 0 Å². The van der Waals surface area contributed by atoms with E-state index >= 15 is 0 Å². The van der Waals surface area contributed by atoms with Crippen LogP contribution in [0.4, 0.5) is 0 Å². The first kappa shape index (κ1) is 15.4. The molecule has 0 saturated carbocycles. The maximum absolute atomic E-state index is 11.5. The van der Waals surface area contributed by atoms with E-state index < -0.39 is 0 Å². The third kappa shape index (κ3) is 4.80. The smallest absolute Gasteiger partial charge is 0.162 e. The highest BCUT2D eigenvalue weighted by atomic mass is 35.5. The molecule has 2 aromatic rings. The lowest BCUT2D eigenvalue weighted by Gasteiger charge is -2.09. The molecule has 0 atom stereocenters. The van der Waals surface area contributed by atoms with Gasteiger partial charge in [-0.2, -0.15) is 0 Å². The second-order valence-corrected chi connectivity index (χ2v) is 4.89. The van der Waals surface area contributed by atoms with Gasteiger partial charge in [-0.05, 0) is 42.5 Å². The molecule has 0 spiro atoms. The van der Waals surface area contributed by atoms with E-state index in [1.807, 2.05) is 19.1 Å². The number of carbonyl (C=O) groups excluding carboxylic acids is 1. The molecule has 0 amide bonds. The molecule has 0 fully saturated rings. The number of ether oxygens (including phenoxy) is 2. The van der Waals surface area contributed by atoms with Gasteiger partial charge in [0.25, 0.3) is 0 Å². The molecule has 0 bridgehead atoms. The van der Waals surface area contributed by atoms with Gasteiger partial charge in [0.05, 0.1) is 0 Å². The minimum absolute atomic E-state index is 0.130. The van der Waals surface area contributed by atoms with E-state index in [1.165, 1.54) is 0 Å². The van der Waals surface area contributed by atoms with Gasteiger partial charge in [-0.3, -0.25) is 4.79 Å². The van der Waals surface area contributed by atoms with E-state index in [0.29, 0.717) is 30.2 Å². The zero-order valence-electron chi connectivity index (χ0n) is 11.8. The third-order valence-corrected chi connectivity index (χ3v) is 3.15. The number of hydrogen-bond acceptors (Lipinski definition) is 3. The van der Waals surface area contributed by atoms with Crippen LogP contribution >= 0.6 is 11.6 Å². The topological polar surface area (TPSA) is 35.5 Å². The Balaban J connectivity index is 1.77. The van der Waals surface area contributed by atoms with Crippen molar-refractivity contribution in [2.45, 2.75) is 13.3 Å². The first-order valence-electron chi connectivity index (χ1n) is 6.83. The van der Waals surface area contributed by atoms with Gasteiger partial charge in [0.15, 0.2) is 5.78 Å². The lowest BCUT2D eigenvalue weighted by molar-refractivity contribution is 0.0988. The van der Waals surface area contributed by atoms with Gasteiger partial charge >= 0.3 is 0 Å². The Morgan fingerprint density at radius 2 is 1.67 bits per heavy atom. The van der Waals surface area contributed by atoms with E-state index in [2.05, 4.69) is 0 Å². The highest BCUT2D eigenvalue weighted by Gasteiger charge is 2.02. The third-order valence-electron chi connectivity index (χ3n) is 2.91. The van der Waals surface area contributed by atoms with Gasteiger partial charge in [-0.25, -0.2) is 0 Å². The summed E-state index contributed by atoms with van der Waals surface area (Å²) in [5.41, 5.74) is 0.708. The molecule has 0 aliphatic rings. The molecule has 110 valence electrons. The summed E-state index contributed by atoms with van der Waals surface area (Å²) < 4.78 is 11.1. The molecule has 2 aromatic carbocycles. The lowest BCUT2D eigenvalue weighted by Crippen LogP contribution is -2.09. The Kier molecular flexibility index (Phi) is 5.64. The second kappa shape index (κ2) is 7.70. The first-order chi connectivity index (χ1) is 10.2. The molecule has 21 heavy (non-hydrogen) atoms. The van der Waals surface area contributed by atoms with Crippen LogP contribution in [-0.2, 0) is 0 Å². The zero-order chi connectivity index (χ0) is 15.1. The summed E-state index contributed by atoms with van der Waals surface area (Å²) in [7, 11) is 0. The largest absolute Gasteiger partial charge is 0.490 e. The molecule has 0 aliphatic carbocycles. The maximum atomic E-state index is 11.5. The minimum Gasteiger partial charge on any atom is -0.490 e. The fourth-order valence-corrected chi connectivity index (χ4v) is 2.00. The van der Waals surface area contributed by atoms with Crippen molar-refractivity contribution in [3.05, 3.63) is 59.1 Å². The molecule has 0 unspecified atom stereocenters. The van der Waals surface area contributed by atoms with Gasteiger partial charge in [0, 0.05) is 17.0 Å². The van der Waals surface area contributed by atoms with Crippen molar-refractivity contribution in [2.75, 3.05) is 13.2 Å². The first-order valence-corrected chi connectivity index (χ1v) is 7.21. The van der Waals surface area contributed by atoms with Gasteiger partial charge in [0.2, 0.25) is 0 Å². The number of hydrogen-bond donors (Lipinski definition) is 0. The van der Waals surface area contributed by atoms with Crippen LogP contribution in [0.15, 0.2) is 48.5 Å². The van der Waals surface area contributed by atoms with Crippen molar-refractivity contribution in [1.29, 1.82) is 0 Å². The van der Waals surface area contributed by atoms with Crippen molar-refractivity contribution in [1.82, 2.24) is 0 Å². The number of halogens is 1. The molecule has 0 N–H and O–H groups in total. The summed E-state index contributed by atoms with van der Waals surface area (Å²) in [6, 6.07) is 14.4. The normalized spacial score (nSPS) is 10.2. The van der Waals surface area contributed by atoms with Crippen LogP contribution < -0.4 is 9.47 Å². The van der Waals surface area contributed by atoms with Crippen LogP contribution in [0.5, 0.6) is 11.5 Å². The Morgan fingerprint density at radius 1 is 1.00 bits per heavy atom. The molecule has 0 aromatic heterocycles. The second-order valence-electron chi connectivity index (χ2n) is 4.46. The molecular weight excluding hydrogens is 288 g/mol. The van der Waals surface area contributed by atoms with E-state index in [0.717, 1.165) is 11.5 Å². The molecule has 3 nitrogen and oxygen atoms in total. The van der Waals surface area contributed by atoms with Crippen LogP contribution in [-0.4, -0.2) is 19.0 Å². The predicted molar refractivity (Wildman–Crippen MR) is 83.5 cm³/mol. The standard InChI is InChI=1S/C17H17ClO3/c1-2-17(19)13-6-8-15(9-7-13)20-10-11-21-16-5-3-4-14(18)12-16/h3-9,12H,2,10-11H2,1H3. The number of Topliss-reactive ketones (excluding diaryl/α,β-unsaturated/α-hetero) is 1. The molecule has 0 heterocycles. The molecule has 0 radical (unpaired) electrons. The van der Waals surface area contributed by atoms with Crippen LogP contribution in [0.25, 0.3) is 0 Å². The fourth-order valence-electron chi connectivity index (χ4n) is 1.82. The monoisotopic (exact) mass is 304 g/mol. The van der Waals surface area contributed by atoms with Crippen LogP contribution in [0.3, 0.4) is 0 Å². The van der Waals surface area contributed by atoms with Gasteiger partial charge in [0.1, 0.15) is 24.7 Å². The lowest BCUT2D eigenvalue weighted by atomic mass is 10.1. The maximum Gasteiger partial charge on any atom is 0.162 e. The van der Waals surface area contributed by atoms with Crippen molar-refractivity contribution >= 4 is 17.4 Å². The number of ketones is 1. The molecule has 0 saturated heterocycles. The molecule has 2 rings (SSSR count). The minimum atomic E-state index is 0.130. The Bertz CT molecular complexity index is 593. The van der Waals surface area contributed by atoms with Crippen LogP contribution in [0, 0.1) is 0 Å². The highest BCUT2D eigenvalue weighted by molar-refractivity contribution is 6.30. The summed E-state index contributed by atoms with van der Waals surface area (Å²) in [6.07, 6.45) is 0.508. The molecular formula is C17H17ClO3. The summed E-state index contributed by atoms with van der Waals surface area (Å²) in [5.74, 6) is 1.57. The average Bonchev–Trinajstić information content (AvgIpc) is 2.51. The summed E-state index contributed by atoms with van der Waals surface area (Å²) in [4.78, 5) is 11.5. The number of rotatable bonds is 7. The Labute approximate surface area is 129 Å².